The molecule has 2 saturated heterocycles. The molecule has 0 N–H and O–H groups in total. The first kappa shape index (κ1) is 11.7. The van der Waals surface area contributed by atoms with E-state index in [2.05, 4.69) is 11.8 Å². The lowest BCUT2D eigenvalue weighted by atomic mass is 10.2. The predicted molar refractivity (Wildman–Crippen MR) is 59.4 cm³/mol. The van der Waals surface area contributed by atoms with Gasteiger partial charge < -0.3 is 14.4 Å². The van der Waals surface area contributed by atoms with Crippen molar-refractivity contribution in [2.24, 2.45) is 0 Å². The summed E-state index contributed by atoms with van der Waals surface area (Å²) in [6.45, 7) is 7.89. The second-order valence-corrected chi connectivity index (χ2v) is 4.30. The number of amides is 1. The summed E-state index contributed by atoms with van der Waals surface area (Å²) >= 11 is 0. The molecule has 92 valence electrons. The van der Waals surface area contributed by atoms with Crippen LogP contribution in [0.4, 0.5) is 4.79 Å². The zero-order valence-corrected chi connectivity index (χ0v) is 9.85. The maximum absolute atomic E-state index is 11.2. The molecule has 0 bridgehead atoms. The summed E-state index contributed by atoms with van der Waals surface area (Å²) in [4.78, 5) is 15.4. The van der Waals surface area contributed by atoms with E-state index in [-0.39, 0.29) is 6.09 Å². The van der Waals surface area contributed by atoms with Gasteiger partial charge in [0, 0.05) is 26.2 Å². The molecule has 1 amide bonds. The summed E-state index contributed by atoms with van der Waals surface area (Å²) < 4.78 is 10.5. The van der Waals surface area contributed by atoms with Crippen molar-refractivity contribution in [2.45, 2.75) is 19.4 Å². The van der Waals surface area contributed by atoms with Gasteiger partial charge in [-0.1, -0.05) is 6.92 Å². The van der Waals surface area contributed by atoms with Crippen LogP contribution in [0, 0.1) is 0 Å². The molecule has 0 aliphatic carbocycles. The topological polar surface area (TPSA) is 42.0 Å². The van der Waals surface area contributed by atoms with Gasteiger partial charge in [-0.2, -0.15) is 0 Å². The van der Waals surface area contributed by atoms with Crippen molar-refractivity contribution in [3.63, 3.8) is 0 Å². The Morgan fingerprint density at radius 3 is 2.88 bits per heavy atom. The number of morpholine rings is 1. The number of carbonyl (C=O) groups is 1. The van der Waals surface area contributed by atoms with Crippen LogP contribution in [0.15, 0.2) is 0 Å². The average Bonchev–Trinajstić information content (AvgIpc) is 2.72. The Labute approximate surface area is 96.3 Å². The van der Waals surface area contributed by atoms with Gasteiger partial charge in [0.1, 0.15) is 6.61 Å². The summed E-state index contributed by atoms with van der Waals surface area (Å²) in [5.41, 5.74) is 0. The molecular weight excluding hydrogens is 208 g/mol. The molecule has 2 rings (SSSR count). The fourth-order valence-electron chi connectivity index (χ4n) is 2.12. The zero-order valence-electron chi connectivity index (χ0n) is 9.85. The standard InChI is InChI=1S/C11H20N2O3/c1-2-10-9-12(5-7-15-10)3-4-13-6-8-16-11(13)14/h10H,2-9H2,1H3/t10-/m0/s1. The average molecular weight is 228 g/mol. The highest BCUT2D eigenvalue weighted by Crippen LogP contribution is 2.09. The number of rotatable bonds is 4. The molecule has 5 heteroatoms. The van der Waals surface area contributed by atoms with Crippen molar-refractivity contribution >= 4 is 6.09 Å². The molecular formula is C11H20N2O3. The number of carbonyl (C=O) groups excluding carboxylic acids is 1. The molecule has 2 aliphatic heterocycles. The van der Waals surface area contributed by atoms with Crippen LogP contribution in [0.1, 0.15) is 13.3 Å². The van der Waals surface area contributed by atoms with Crippen LogP contribution < -0.4 is 0 Å². The number of hydrogen-bond donors (Lipinski definition) is 0. The summed E-state index contributed by atoms with van der Waals surface area (Å²) in [5, 5.41) is 0. The van der Waals surface area contributed by atoms with E-state index in [4.69, 9.17) is 9.47 Å². The maximum Gasteiger partial charge on any atom is 0.409 e. The van der Waals surface area contributed by atoms with Crippen LogP contribution in [0.2, 0.25) is 0 Å². The third kappa shape index (κ3) is 2.86. The first-order chi connectivity index (χ1) is 7.79. The molecule has 0 aromatic heterocycles. The Morgan fingerprint density at radius 2 is 2.19 bits per heavy atom. The largest absolute Gasteiger partial charge is 0.448 e. The van der Waals surface area contributed by atoms with Gasteiger partial charge in [0.15, 0.2) is 0 Å². The molecule has 0 aromatic rings. The summed E-state index contributed by atoms with van der Waals surface area (Å²) in [6, 6.07) is 0. The zero-order chi connectivity index (χ0) is 11.4. The minimum Gasteiger partial charge on any atom is -0.448 e. The Hall–Kier alpha value is -0.810. The van der Waals surface area contributed by atoms with Gasteiger partial charge in [0.05, 0.1) is 19.3 Å². The molecule has 5 nitrogen and oxygen atoms in total. The third-order valence-corrected chi connectivity index (χ3v) is 3.21. The van der Waals surface area contributed by atoms with Crippen molar-refractivity contribution in [1.82, 2.24) is 9.80 Å². The predicted octanol–water partition coefficient (Wildman–Crippen LogP) is 0.549. The fraction of sp³-hybridized carbons (Fsp3) is 0.909. The summed E-state index contributed by atoms with van der Waals surface area (Å²) in [7, 11) is 0. The van der Waals surface area contributed by atoms with Crippen LogP contribution in [-0.2, 0) is 9.47 Å². The lowest BCUT2D eigenvalue weighted by molar-refractivity contribution is -0.0306. The molecule has 2 aliphatic rings. The van der Waals surface area contributed by atoms with Gasteiger partial charge in [0.25, 0.3) is 0 Å². The highest BCUT2D eigenvalue weighted by molar-refractivity contribution is 5.69. The SMILES string of the molecule is CC[C@H]1CN(CCN2CCOC2=O)CCO1. The summed E-state index contributed by atoms with van der Waals surface area (Å²) in [5.74, 6) is 0. The normalized spacial score (nSPS) is 27.2. The van der Waals surface area contributed by atoms with Gasteiger partial charge in [-0.3, -0.25) is 4.90 Å². The Bertz CT molecular complexity index is 247. The van der Waals surface area contributed by atoms with Crippen LogP contribution >= 0.6 is 0 Å². The van der Waals surface area contributed by atoms with Crippen LogP contribution in [0.5, 0.6) is 0 Å². The molecule has 2 heterocycles. The third-order valence-electron chi connectivity index (χ3n) is 3.21. The number of nitrogens with zero attached hydrogens (tertiary/aromatic N) is 2. The van der Waals surface area contributed by atoms with Crippen LogP contribution in [0.3, 0.4) is 0 Å². The van der Waals surface area contributed by atoms with Crippen molar-refractivity contribution in [1.29, 1.82) is 0 Å². The molecule has 0 aromatic carbocycles. The second-order valence-electron chi connectivity index (χ2n) is 4.30. The van der Waals surface area contributed by atoms with E-state index in [0.29, 0.717) is 12.7 Å². The molecule has 0 unspecified atom stereocenters. The maximum atomic E-state index is 11.2. The first-order valence-corrected chi connectivity index (χ1v) is 6.05. The molecule has 0 radical (unpaired) electrons. The van der Waals surface area contributed by atoms with Crippen molar-refractivity contribution in [2.75, 3.05) is 45.9 Å². The van der Waals surface area contributed by atoms with Crippen molar-refractivity contribution < 1.29 is 14.3 Å². The molecule has 0 spiro atoms. The Morgan fingerprint density at radius 1 is 1.31 bits per heavy atom. The molecule has 1 atom stereocenters. The van der Waals surface area contributed by atoms with E-state index in [1.165, 1.54) is 0 Å². The first-order valence-electron chi connectivity index (χ1n) is 6.05. The lowest BCUT2D eigenvalue weighted by Crippen LogP contribution is -2.45. The van der Waals surface area contributed by atoms with Crippen molar-refractivity contribution in [3.05, 3.63) is 0 Å². The van der Waals surface area contributed by atoms with Crippen molar-refractivity contribution in [3.8, 4) is 0 Å². The smallest absolute Gasteiger partial charge is 0.409 e. The number of ether oxygens (including phenoxy) is 2. The second kappa shape index (κ2) is 5.50. The van der Waals surface area contributed by atoms with E-state index in [9.17, 15) is 4.79 Å². The monoisotopic (exact) mass is 228 g/mol. The van der Waals surface area contributed by atoms with Crippen LogP contribution in [-0.4, -0.2) is 67.9 Å². The minimum absolute atomic E-state index is 0.166. The quantitative estimate of drug-likeness (QED) is 0.704. The van der Waals surface area contributed by atoms with E-state index in [1.807, 2.05) is 0 Å². The van der Waals surface area contributed by atoms with E-state index < -0.39 is 0 Å². The lowest BCUT2D eigenvalue weighted by Gasteiger charge is -2.33. The van der Waals surface area contributed by atoms with Gasteiger partial charge in [0.2, 0.25) is 0 Å². The number of cyclic esters (lactones) is 1. The Kier molecular flexibility index (Phi) is 4.01. The van der Waals surface area contributed by atoms with Crippen LogP contribution in [0.25, 0.3) is 0 Å². The fourth-order valence-corrected chi connectivity index (χ4v) is 2.12. The molecule has 2 fully saturated rings. The van der Waals surface area contributed by atoms with Gasteiger partial charge in [-0.05, 0) is 6.42 Å². The van der Waals surface area contributed by atoms with E-state index >= 15 is 0 Å². The highest BCUT2D eigenvalue weighted by Gasteiger charge is 2.24. The molecule has 0 saturated carbocycles. The summed E-state index contributed by atoms with van der Waals surface area (Å²) in [6.07, 6.45) is 1.25. The highest BCUT2D eigenvalue weighted by atomic mass is 16.6. The Balaban J connectivity index is 1.70. The van der Waals surface area contributed by atoms with Gasteiger partial charge in [-0.25, -0.2) is 4.79 Å². The minimum atomic E-state index is -0.166. The van der Waals surface area contributed by atoms with E-state index in [0.717, 1.165) is 45.8 Å². The van der Waals surface area contributed by atoms with Gasteiger partial charge in [-0.15, -0.1) is 0 Å². The van der Waals surface area contributed by atoms with Gasteiger partial charge >= 0.3 is 6.09 Å². The molecule has 16 heavy (non-hydrogen) atoms. The number of hydrogen-bond acceptors (Lipinski definition) is 4. The van der Waals surface area contributed by atoms with E-state index in [1.54, 1.807) is 4.90 Å².